The van der Waals surface area contributed by atoms with Crippen LogP contribution in [0.4, 0.5) is 0 Å². The molecule has 0 N–H and O–H groups in total. The molecule has 0 aliphatic rings. The van der Waals surface area contributed by atoms with Crippen molar-refractivity contribution in [3.8, 4) is 0 Å². The van der Waals surface area contributed by atoms with Crippen LogP contribution in [-0.4, -0.2) is 57.7 Å². The summed E-state index contributed by atoms with van der Waals surface area (Å²) in [6.07, 6.45) is 0. The van der Waals surface area contributed by atoms with Crippen LogP contribution in [0, 0.1) is 0 Å². The molecule has 0 aromatic heterocycles. The van der Waals surface area contributed by atoms with Crippen LogP contribution >= 0.6 is 0 Å². The second kappa shape index (κ2) is 8.29. The summed E-state index contributed by atoms with van der Waals surface area (Å²) in [6.45, 7) is 18.2. The lowest BCUT2D eigenvalue weighted by Gasteiger charge is -2.41. The first-order valence-corrected chi connectivity index (χ1v) is 21.0. The van der Waals surface area contributed by atoms with Crippen LogP contribution in [0.15, 0.2) is 0 Å². The summed E-state index contributed by atoms with van der Waals surface area (Å²) in [5.41, 5.74) is 0. The van der Waals surface area contributed by atoms with E-state index >= 15 is 0 Å². The summed E-state index contributed by atoms with van der Waals surface area (Å²) >= 11 is 0. The zero-order valence-electron chi connectivity index (χ0n) is 16.0. The van der Waals surface area contributed by atoms with E-state index in [1.165, 1.54) is 0 Å². The lowest BCUT2D eigenvalue weighted by atomic mass is 11.8. The Labute approximate surface area is 142 Å². The molecule has 0 radical (unpaired) electrons. The van der Waals surface area contributed by atoms with Crippen LogP contribution in [0.2, 0.25) is 58.9 Å². The standard InChI is InChI=1S/C11H34O6Si5/c1-12-19(5,6)15-22(11,16-20(7,8)13-2)17-21(9,10)14-18(3)4/h18H,1-11H3. The highest BCUT2D eigenvalue weighted by molar-refractivity contribution is 6.87. The Bertz CT molecular complexity index is 332. The fraction of sp³-hybridized carbons (Fsp3) is 1.00. The van der Waals surface area contributed by atoms with E-state index in [2.05, 4.69) is 13.1 Å². The van der Waals surface area contributed by atoms with Crippen LogP contribution in [-0.2, 0) is 25.3 Å². The van der Waals surface area contributed by atoms with Crippen molar-refractivity contribution in [2.24, 2.45) is 0 Å². The van der Waals surface area contributed by atoms with Crippen molar-refractivity contribution in [3.63, 3.8) is 0 Å². The van der Waals surface area contributed by atoms with Gasteiger partial charge in [-0.05, 0) is 52.4 Å². The van der Waals surface area contributed by atoms with E-state index in [0.717, 1.165) is 0 Å². The second-order valence-electron chi connectivity index (χ2n) is 6.94. The summed E-state index contributed by atoms with van der Waals surface area (Å²) in [5, 5.41) is 0. The zero-order valence-corrected chi connectivity index (χ0v) is 21.2. The fourth-order valence-electron chi connectivity index (χ4n) is 2.08. The van der Waals surface area contributed by atoms with Crippen molar-refractivity contribution in [1.29, 1.82) is 0 Å². The molecule has 0 spiro atoms. The molecule has 0 aliphatic carbocycles. The maximum absolute atomic E-state index is 6.37. The van der Waals surface area contributed by atoms with E-state index in [4.69, 9.17) is 25.3 Å². The van der Waals surface area contributed by atoms with Crippen LogP contribution < -0.4 is 0 Å². The third-order valence-electron chi connectivity index (χ3n) is 2.80. The van der Waals surface area contributed by atoms with Crippen LogP contribution in [0.1, 0.15) is 0 Å². The first-order chi connectivity index (χ1) is 9.66. The Morgan fingerprint density at radius 2 is 0.909 bits per heavy atom. The van der Waals surface area contributed by atoms with Gasteiger partial charge in [0.1, 0.15) is 0 Å². The van der Waals surface area contributed by atoms with E-state index in [0.29, 0.717) is 0 Å². The molecule has 6 nitrogen and oxygen atoms in total. The first kappa shape index (κ1) is 22.8. The molecule has 0 heterocycles. The third-order valence-corrected chi connectivity index (χ3v) is 19.3. The Kier molecular flexibility index (Phi) is 8.60. The molecule has 0 saturated heterocycles. The van der Waals surface area contributed by atoms with Gasteiger partial charge in [0, 0.05) is 20.8 Å². The molecular formula is C11H34O6Si5. The van der Waals surface area contributed by atoms with Gasteiger partial charge < -0.3 is 25.3 Å². The van der Waals surface area contributed by atoms with Gasteiger partial charge in [-0.15, -0.1) is 0 Å². The zero-order chi connectivity index (χ0) is 17.8. The minimum Gasteiger partial charge on any atom is -0.439 e. The highest BCUT2D eigenvalue weighted by Crippen LogP contribution is 2.26. The molecule has 0 fully saturated rings. The monoisotopic (exact) mass is 402 g/mol. The number of rotatable bonds is 10. The van der Waals surface area contributed by atoms with Gasteiger partial charge in [0.15, 0.2) is 9.04 Å². The van der Waals surface area contributed by atoms with Crippen molar-refractivity contribution >= 4 is 43.5 Å². The predicted octanol–water partition coefficient (Wildman–Crippen LogP) is 3.00. The maximum Gasteiger partial charge on any atom is 0.470 e. The Hall–Kier alpha value is 0.844. The Balaban J connectivity index is 5.32. The summed E-state index contributed by atoms with van der Waals surface area (Å²) in [4.78, 5) is 0. The maximum atomic E-state index is 6.37. The smallest absolute Gasteiger partial charge is 0.439 e. The summed E-state index contributed by atoms with van der Waals surface area (Å²) in [6, 6.07) is 0. The van der Waals surface area contributed by atoms with Crippen molar-refractivity contribution in [2.45, 2.75) is 58.9 Å². The Morgan fingerprint density at radius 1 is 0.591 bits per heavy atom. The van der Waals surface area contributed by atoms with Crippen LogP contribution in [0.25, 0.3) is 0 Å². The lowest BCUT2D eigenvalue weighted by molar-refractivity contribution is 0.177. The molecule has 0 unspecified atom stereocenters. The molecule has 22 heavy (non-hydrogen) atoms. The van der Waals surface area contributed by atoms with E-state index in [9.17, 15) is 0 Å². The van der Waals surface area contributed by atoms with Gasteiger partial charge >= 0.3 is 34.5 Å². The quantitative estimate of drug-likeness (QED) is 0.524. The summed E-state index contributed by atoms with van der Waals surface area (Å²) in [7, 11) is -7.73. The first-order valence-electron chi connectivity index (χ1n) is 7.54. The molecule has 0 rings (SSSR count). The van der Waals surface area contributed by atoms with Crippen molar-refractivity contribution < 1.29 is 25.3 Å². The molecule has 0 aromatic carbocycles. The van der Waals surface area contributed by atoms with Gasteiger partial charge in [-0.3, -0.25) is 0 Å². The third kappa shape index (κ3) is 9.22. The van der Waals surface area contributed by atoms with Gasteiger partial charge in [-0.25, -0.2) is 0 Å². The van der Waals surface area contributed by atoms with Crippen molar-refractivity contribution in [3.05, 3.63) is 0 Å². The molecule has 0 aromatic rings. The van der Waals surface area contributed by atoms with Crippen LogP contribution in [0.5, 0.6) is 0 Å². The van der Waals surface area contributed by atoms with Gasteiger partial charge in [0.2, 0.25) is 0 Å². The molecule has 11 heteroatoms. The highest BCUT2D eigenvalue weighted by Gasteiger charge is 2.51. The van der Waals surface area contributed by atoms with Gasteiger partial charge in [-0.2, -0.15) is 0 Å². The van der Waals surface area contributed by atoms with Crippen molar-refractivity contribution in [2.75, 3.05) is 14.2 Å². The second-order valence-corrected chi connectivity index (χ2v) is 23.4. The van der Waals surface area contributed by atoms with Gasteiger partial charge in [-0.1, -0.05) is 0 Å². The molecule has 0 bridgehead atoms. The molecule has 0 saturated carbocycles. The minimum absolute atomic E-state index is 1.20. The minimum atomic E-state index is -2.93. The Morgan fingerprint density at radius 3 is 1.18 bits per heavy atom. The van der Waals surface area contributed by atoms with E-state index in [1.54, 1.807) is 14.2 Å². The SMILES string of the molecule is CO[Si](C)(C)O[Si](C)(O[Si](C)(C)OC)O[Si](C)(C)O[SiH](C)C. The average molecular weight is 403 g/mol. The van der Waals surface area contributed by atoms with Crippen molar-refractivity contribution in [1.82, 2.24) is 0 Å². The lowest BCUT2D eigenvalue weighted by Crippen LogP contribution is -2.62. The topological polar surface area (TPSA) is 55.4 Å². The summed E-state index contributed by atoms with van der Waals surface area (Å²) < 4.78 is 36.1. The van der Waals surface area contributed by atoms with E-state index < -0.39 is 43.5 Å². The molecule has 134 valence electrons. The van der Waals surface area contributed by atoms with Gasteiger partial charge in [0.25, 0.3) is 0 Å². The number of hydrogen-bond donors (Lipinski definition) is 0. The van der Waals surface area contributed by atoms with Gasteiger partial charge in [0.05, 0.1) is 0 Å². The number of hydrogen-bond acceptors (Lipinski definition) is 6. The molecule has 0 amide bonds. The van der Waals surface area contributed by atoms with E-state index in [-0.39, 0.29) is 0 Å². The largest absolute Gasteiger partial charge is 0.470 e. The predicted molar refractivity (Wildman–Crippen MR) is 101 cm³/mol. The molecule has 0 aliphatic heterocycles. The normalized spacial score (nSPS) is 14.7. The fourth-order valence-corrected chi connectivity index (χ4v) is 20.3. The van der Waals surface area contributed by atoms with Crippen LogP contribution in [0.3, 0.4) is 0 Å². The molecule has 0 atom stereocenters. The molecular weight excluding hydrogens is 369 g/mol. The average Bonchev–Trinajstić information content (AvgIpc) is 2.23. The summed E-state index contributed by atoms with van der Waals surface area (Å²) in [5.74, 6) is 0. The highest BCUT2D eigenvalue weighted by atomic mass is 28.5. The van der Waals surface area contributed by atoms with E-state index in [1.807, 2.05) is 45.8 Å².